The molecule has 3 aromatic rings. The highest BCUT2D eigenvalue weighted by Crippen LogP contribution is 2.32. The first-order valence-electron chi connectivity index (χ1n) is 9.10. The third-order valence-electron chi connectivity index (χ3n) is 4.65. The van der Waals surface area contributed by atoms with Crippen molar-refractivity contribution in [2.45, 2.75) is 19.4 Å². The number of carbonyl (C=O) groups excluding carboxylic acids is 1. The topological polar surface area (TPSA) is 59.6 Å². The average Bonchev–Trinajstić information content (AvgIpc) is 3.11. The van der Waals surface area contributed by atoms with Gasteiger partial charge in [0.1, 0.15) is 13.2 Å². The number of fused-ring (bicyclic) bond motifs is 2. The summed E-state index contributed by atoms with van der Waals surface area (Å²) in [6.07, 6.45) is 0.815. The third kappa shape index (κ3) is 4.01. The first kappa shape index (κ1) is 17.7. The number of ether oxygens (including phenoxy) is 2. The summed E-state index contributed by atoms with van der Waals surface area (Å²) in [5.41, 5.74) is 2.26. The lowest BCUT2D eigenvalue weighted by Crippen LogP contribution is -2.38. The standard InChI is InChI=1S/C21H22N2O3S/c1-14(15-6-7-18-19(12-15)26-11-10-25-18)23-21(24)22-9-8-16-13-27-20-5-3-2-4-17(16)20/h2-7,12-14H,8-11H2,1H3,(H2,22,23,24). The number of hydrogen-bond donors (Lipinski definition) is 2. The van der Waals surface area contributed by atoms with Crippen molar-refractivity contribution in [2.75, 3.05) is 19.8 Å². The van der Waals surface area contributed by atoms with Gasteiger partial charge in [-0.3, -0.25) is 0 Å². The molecule has 2 heterocycles. The normalized spacial score (nSPS) is 14.0. The van der Waals surface area contributed by atoms with Gasteiger partial charge in [0.15, 0.2) is 11.5 Å². The quantitative estimate of drug-likeness (QED) is 0.693. The monoisotopic (exact) mass is 382 g/mol. The Morgan fingerprint density at radius 2 is 1.96 bits per heavy atom. The molecule has 0 aliphatic carbocycles. The molecule has 1 unspecified atom stereocenters. The lowest BCUT2D eigenvalue weighted by molar-refractivity contribution is 0.171. The van der Waals surface area contributed by atoms with E-state index in [4.69, 9.17) is 9.47 Å². The lowest BCUT2D eigenvalue weighted by Gasteiger charge is -2.21. The number of carbonyl (C=O) groups is 1. The molecule has 0 fully saturated rings. The summed E-state index contributed by atoms with van der Waals surface area (Å²) >= 11 is 1.74. The summed E-state index contributed by atoms with van der Waals surface area (Å²) in [5, 5.41) is 9.36. The largest absolute Gasteiger partial charge is 0.486 e. The van der Waals surface area contributed by atoms with Crippen molar-refractivity contribution in [3.05, 3.63) is 59.0 Å². The van der Waals surface area contributed by atoms with Gasteiger partial charge < -0.3 is 20.1 Å². The molecule has 5 nitrogen and oxygen atoms in total. The summed E-state index contributed by atoms with van der Waals surface area (Å²) in [4.78, 5) is 12.2. The molecular weight excluding hydrogens is 360 g/mol. The minimum atomic E-state index is -0.170. The van der Waals surface area contributed by atoms with Gasteiger partial charge in [0, 0.05) is 11.2 Å². The molecule has 1 aliphatic heterocycles. The fourth-order valence-corrected chi connectivity index (χ4v) is 4.19. The number of rotatable bonds is 5. The predicted molar refractivity (Wildman–Crippen MR) is 108 cm³/mol. The Labute approximate surface area is 162 Å². The van der Waals surface area contributed by atoms with Crippen LogP contribution in [0.4, 0.5) is 4.79 Å². The molecule has 0 saturated heterocycles. The second kappa shape index (κ2) is 7.88. The van der Waals surface area contributed by atoms with E-state index in [1.165, 1.54) is 15.6 Å². The Hall–Kier alpha value is -2.73. The van der Waals surface area contributed by atoms with E-state index >= 15 is 0 Å². The van der Waals surface area contributed by atoms with Crippen LogP contribution in [0.25, 0.3) is 10.1 Å². The smallest absolute Gasteiger partial charge is 0.315 e. The Bertz CT molecular complexity index is 954. The number of hydrogen-bond acceptors (Lipinski definition) is 4. The number of benzene rings is 2. The molecule has 0 bridgehead atoms. The predicted octanol–water partition coefficient (Wildman–Crippen LogP) is 4.28. The van der Waals surface area contributed by atoms with Crippen LogP contribution >= 0.6 is 11.3 Å². The van der Waals surface area contributed by atoms with Crippen LogP contribution in [0.2, 0.25) is 0 Å². The number of amides is 2. The van der Waals surface area contributed by atoms with Crippen LogP contribution in [0, 0.1) is 0 Å². The van der Waals surface area contributed by atoms with E-state index in [1.54, 1.807) is 11.3 Å². The number of nitrogens with one attached hydrogen (secondary N) is 2. The molecule has 1 atom stereocenters. The fraction of sp³-hybridized carbons (Fsp3) is 0.286. The zero-order valence-electron chi connectivity index (χ0n) is 15.2. The van der Waals surface area contributed by atoms with Crippen LogP contribution in [0.5, 0.6) is 11.5 Å². The summed E-state index contributed by atoms with van der Waals surface area (Å²) in [7, 11) is 0. The van der Waals surface area contributed by atoms with Crippen LogP contribution in [0.1, 0.15) is 24.1 Å². The zero-order chi connectivity index (χ0) is 18.6. The van der Waals surface area contributed by atoms with Crippen LogP contribution in [-0.2, 0) is 6.42 Å². The second-order valence-electron chi connectivity index (χ2n) is 6.53. The van der Waals surface area contributed by atoms with Gasteiger partial charge in [-0.15, -0.1) is 11.3 Å². The first-order valence-corrected chi connectivity index (χ1v) is 9.98. The molecule has 2 aromatic carbocycles. The Balaban J connectivity index is 1.30. The van der Waals surface area contributed by atoms with Crippen LogP contribution < -0.4 is 20.1 Å². The van der Waals surface area contributed by atoms with E-state index < -0.39 is 0 Å². The first-order chi connectivity index (χ1) is 13.2. The second-order valence-corrected chi connectivity index (χ2v) is 7.44. The summed E-state index contributed by atoms with van der Waals surface area (Å²) in [6, 6.07) is 13.8. The molecule has 2 N–H and O–H groups in total. The van der Waals surface area contributed by atoms with Crippen molar-refractivity contribution in [2.24, 2.45) is 0 Å². The van der Waals surface area contributed by atoms with Crippen LogP contribution in [-0.4, -0.2) is 25.8 Å². The molecule has 6 heteroatoms. The maximum Gasteiger partial charge on any atom is 0.315 e. The van der Waals surface area contributed by atoms with E-state index in [1.807, 2.05) is 37.3 Å². The van der Waals surface area contributed by atoms with E-state index in [9.17, 15) is 4.79 Å². The Morgan fingerprint density at radius 1 is 1.15 bits per heavy atom. The van der Waals surface area contributed by atoms with E-state index in [0.29, 0.717) is 19.8 Å². The Morgan fingerprint density at radius 3 is 2.85 bits per heavy atom. The SMILES string of the molecule is CC(NC(=O)NCCc1csc2ccccc12)c1ccc2c(c1)OCCO2. The molecule has 1 aliphatic rings. The molecule has 0 saturated carbocycles. The minimum Gasteiger partial charge on any atom is -0.486 e. The van der Waals surface area contributed by atoms with Crippen molar-refractivity contribution in [3.8, 4) is 11.5 Å². The van der Waals surface area contributed by atoms with Crippen LogP contribution in [0.15, 0.2) is 47.8 Å². The number of urea groups is 1. The lowest BCUT2D eigenvalue weighted by atomic mass is 10.1. The van der Waals surface area contributed by atoms with Gasteiger partial charge in [-0.2, -0.15) is 0 Å². The van der Waals surface area contributed by atoms with E-state index in [-0.39, 0.29) is 12.1 Å². The van der Waals surface area contributed by atoms with Gasteiger partial charge in [0.25, 0.3) is 0 Å². The maximum absolute atomic E-state index is 12.2. The Kier molecular flexibility index (Phi) is 5.16. The fourth-order valence-electron chi connectivity index (χ4n) is 3.20. The number of thiophene rings is 1. The van der Waals surface area contributed by atoms with Crippen molar-refractivity contribution in [1.82, 2.24) is 10.6 Å². The highest BCUT2D eigenvalue weighted by molar-refractivity contribution is 7.17. The van der Waals surface area contributed by atoms with Gasteiger partial charge in [-0.05, 0) is 53.4 Å². The van der Waals surface area contributed by atoms with Crippen molar-refractivity contribution in [3.63, 3.8) is 0 Å². The highest BCUT2D eigenvalue weighted by Gasteiger charge is 2.15. The summed E-state index contributed by atoms with van der Waals surface area (Å²) in [5.74, 6) is 1.49. The molecule has 4 rings (SSSR count). The van der Waals surface area contributed by atoms with Crippen molar-refractivity contribution >= 4 is 27.5 Å². The minimum absolute atomic E-state index is 0.122. The molecule has 27 heavy (non-hydrogen) atoms. The molecular formula is C21H22N2O3S. The highest BCUT2D eigenvalue weighted by atomic mass is 32.1. The van der Waals surface area contributed by atoms with Gasteiger partial charge in [-0.25, -0.2) is 4.79 Å². The summed E-state index contributed by atoms with van der Waals surface area (Å²) < 4.78 is 12.4. The van der Waals surface area contributed by atoms with Gasteiger partial charge in [-0.1, -0.05) is 24.3 Å². The van der Waals surface area contributed by atoms with E-state index in [2.05, 4.69) is 28.1 Å². The van der Waals surface area contributed by atoms with E-state index in [0.717, 1.165) is 23.5 Å². The molecule has 0 radical (unpaired) electrons. The third-order valence-corrected chi connectivity index (χ3v) is 5.67. The van der Waals surface area contributed by atoms with Crippen molar-refractivity contribution in [1.29, 1.82) is 0 Å². The maximum atomic E-state index is 12.2. The molecule has 2 amide bonds. The molecule has 140 valence electrons. The van der Waals surface area contributed by atoms with Gasteiger partial charge in [0.05, 0.1) is 6.04 Å². The van der Waals surface area contributed by atoms with Gasteiger partial charge >= 0.3 is 6.03 Å². The van der Waals surface area contributed by atoms with Crippen molar-refractivity contribution < 1.29 is 14.3 Å². The zero-order valence-corrected chi connectivity index (χ0v) is 16.0. The van der Waals surface area contributed by atoms with Crippen LogP contribution in [0.3, 0.4) is 0 Å². The molecule has 0 spiro atoms. The molecule has 1 aromatic heterocycles. The average molecular weight is 382 g/mol. The summed E-state index contributed by atoms with van der Waals surface area (Å²) in [6.45, 7) is 3.68. The van der Waals surface area contributed by atoms with Gasteiger partial charge in [0.2, 0.25) is 0 Å².